The van der Waals surface area contributed by atoms with Crippen molar-refractivity contribution in [3.63, 3.8) is 0 Å². The van der Waals surface area contributed by atoms with Gasteiger partial charge in [0, 0.05) is 17.3 Å². The van der Waals surface area contributed by atoms with Gasteiger partial charge in [-0.1, -0.05) is 22.9 Å². The van der Waals surface area contributed by atoms with Crippen LogP contribution >= 0.6 is 15.9 Å². The van der Waals surface area contributed by atoms with Crippen molar-refractivity contribution in [2.45, 2.75) is 25.6 Å². The van der Waals surface area contributed by atoms with E-state index in [1.807, 2.05) is 0 Å². The van der Waals surface area contributed by atoms with E-state index >= 15 is 0 Å². The molecule has 4 heteroatoms. The number of benzene rings is 1. The monoisotopic (exact) mass is 298 g/mol. The van der Waals surface area contributed by atoms with E-state index < -0.39 is 0 Å². The van der Waals surface area contributed by atoms with Crippen LogP contribution in [0.15, 0.2) is 18.2 Å². The molecule has 1 aromatic carbocycles. The Labute approximate surface area is 109 Å². The number of halogens is 1. The number of carbonyl (C=O) groups excluding carboxylic acids is 2. The van der Waals surface area contributed by atoms with Crippen LogP contribution in [0.5, 0.6) is 0 Å². The Balaban J connectivity index is 3.13. The standard InChI is InChI=1S/C13H15BrO3/c1-3-12(15)10-5-9(8-14)6-11(7-10)13(16)17-4-2/h5-7H,3-4,8H2,1-2H3. The molecule has 3 nitrogen and oxygen atoms in total. The van der Waals surface area contributed by atoms with Crippen molar-refractivity contribution in [3.8, 4) is 0 Å². The molecular weight excluding hydrogens is 284 g/mol. The Morgan fingerprint density at radius 3 is 2.35 bits per heavy atom. The topological polar surface area (TPSA) is 43.4 Å². The van der Waals surface area contributed by atoms with E-state index in [-0.39, 0.29) is 11.8 Å². The molecule has 0 aliphatic heterocycles. The zero-order valence-corrected chi connectivity index (χ0v) is 11.5. The van der Waals surface area contributed by atoms with Gasteiger partial charge in [-0.15, -0.1) is 0 Å². The van der Waals surface area contributed by atoms with Gasteiger partial charge in [0.25, 0.3) is 0 Å². The summed E-state index contributed by atoms with van der Waals surface area (Å²) in [5, 5.41) is 0.601. The Morgan fingerprint density at radius 2 is 1.82 bits per heavy atom. The molecule has 0 N–H and O–H groups in total. The zero-order chi connectivity index (χ0) is 12.8. The van der Waals surface area contributed by atoms with E-state index in [2.05, 4.69) is 15.9 Å². The van der Waals surface area contributed by atoms with Crippen LogP contribution in [0.3, 0.4) is 0 Å². The van der Waals surface area contributed by atoms with Gasteiger partial charge in [-0.2, -0.15) is 0 Å². The molecule has 0 spiro atoms. The molecule has 0 atom stereocenters. The Bertz CT molecular complexity index is 427. The molecule has 92 valence electrons. The first kappa shape index (κ1) is 13.9. The summed E-state index contributed by atoms with van der Waals surface area (Å²) in [6.45, 7) is 3.88. The van der Waals surface area contributed by atoms with Gasteiger partial charge < -0.3 is 4.74 Å². The summed E-state index contributed by atoms with van der Waals surface area (Å²) in [5.74, 6) is -0.362. The van der Waals surface area contributed by atoms with Crippen molar-refractivity contribution in [1.82, 2.24) is 0 Å². The number of carbonyl (C=O) groups is 2. The molecule has 0 aromatic heterocycles. The van der Waals surface area contributed by atoms with Crippen LogP contribution in [-0.2, 0) is 10.1 Å². The Morgan fingerprint density at radius 1 is 1.18 bits per heavy atom. The first-order valence-electron chi connectivity index (χ1n) is 5.52. The fourth-order valence-electron chi connectivity index (χ4n) is 1.47. The summed E-state index contributed by atoms with van der Waals surface area (Å²) >= 11 is 3.32. The number of hydrogen-bond acceptors (Lipinski definition) is 3. The quantitative estimate of drug-likeness (QED) is 0.476. The summed E-state index contributed by atoms with van der Waals surface area (Å²) < 4.78 is 4.93. The molecule has 0 bridgehead atoms. The highest BCUT2D eigenvalue weighted by atomic mass is 79.9. The van der Waals surface area contributed by atoms with Crippen molar-refractivity contribution in [1.29, 1.82) is 0 Å². The van der Waals surface area contributed by atoms with Crippen molar-refractivity contribution < 1.29 is 14.3 Å². The fraction of sp³-hybridized carbons (Fsp3) is 0.385. The first-order valence-corrected chi connectivity index (χ1v) is 6.64. The average Bonchev–Trinajstić information content (AvgIpc) is 2.37. The highest BCUT2D eigenvalue weighted by Crippen LogP contribution is 2.15. The van der Waals surface area contributed by atoms with Crippen LogP contribution in [0.25, 0.3) is 0 Å². The van der Waals surface area contributed by atoms with E-state index in [9.17, 15) is 9.59 Å². The summed E-state index contributed by atoms with van der Waals surface area (Å²) in [6.07, 6.45) is 0.425. The summed E-state index contributed by atoms with van der Waals surface area (Å²) in [6, 6.07) is 5.12. The van der Waals surface area contributed by atoms with Crippen LogP contribution in [-0.4, -0.2) is 18.4 Å². The maximum absolute atomic E-state index is 11.6. The molecule has 0 fully saturated rings. The summed E-state index contributed by atoms with van der Waals surface area (Å²) in [5.41, 5.74) is 1.89. The highest BCUT2D eigenvalue weighted by molar-refractivity contribution is 9.08. The molecule has 0 aliphatic rings. The second kappa shape index (κ2) is 6.55. The molecule has 0 radical (unpaired) electrons. The number of ketones is 1. The van der Waals surface area contributed by atoms with Gasteiger partial charge in [0.15, 0.2) is 5.78 Å². The predicted octanol–water partition coefficient (Wildman–Crippen LogP) is 3.35. The molecular formula is C13H15BrO3. The van der Waals surface area contributed by atoms with E-state index in [0.717, 1.165) is 5.56 Å². The van der Waals surface area contributed by atoms with E-state index in [4.69, 9.17) is 4.74 Å². The lowest BCUT2D eigenvalue weighted by Crippen LogP contribution is -2.07. The third-order valence-corrected chi connectivity index (χ3v) is 2.95. The maximum atomic E-state index is 11.6. The van der Waals surface area contributed by atoms with Gasteiger partial charge in [0.2, 0.25) is 0 Å². The molecule has 0 saturated carbocycles. The van der Waals surface area contributed by atoms with E-state index in [0.29, 0.717) is 29.5 Å². The number of esters is 1. The fourth-order valence-corrected chi connectivity index (χ4v) is 1.79. The summed E-state index contributed by atoms with van der Waals surface area (Å²) in [7, 11) is 0. The van der Waals surface area contributed by atoms with Gasteiger partial charge in [0.1, 0.15) is 0 Å². The second-order valence-corrected chi connectivity index (χ2v) is 4.11. The predicted molar refractivity (Wildman–Crippen MR) is 69.7 cm³/mol. The Hall–Kier alpha value is -1.16. The second-order valence-electron chi connectivity index (χ2n) is 3.55. The number of ether oxygens (including phenoxy) is 1. The van der Waals surface area contributed by atoms with Crippen LogP contribution in [0.4, 0.5) is 0 Å². The van der Waals surface area contributed by atoms with E-state index in [1.54, 1.807) is 32.0 Å². The third kappa shape index (κ3) is 3.66. The smallest absolute Gasteiger partial charge is 0.338 e. The normalized spacial score (nSPS) is 10.1. The minimum Gasteiger partial charge on any atom is -0.462 e. The van der Waals surface area contributed by atoms with Gasteiger partial charge in [-0.05, 0) is 30.7 Å². The van der Waals surface area contributed by atoms with Gasteiger partial charge in [0.05, 0.1) is 12.2 Å². The zero-order valence-electron chi connectivity index (χ0n) is 9.96. The molecule has 0 aliphatic carbocycles. The van der Waals surface area contributed by atoms with Crippen molar-refractivity contribution in [2.24, 2.45) is 0 Å². The molecule has 1 aromatic rings. The average molecular weight is 299 g/mol. The largest absolute Gasteiger partial charge is 0.462 e. The number of rotatable bonds is 5. The molecule has 0 saturated heterocycles. The van der Waals surface area contributed by atoms with Gasteiger partial charge in [-0.3, -0.25) is 4.79 Å². The first-order chi connectivity index (χ1) is 8.12. The van der Waals surface area contributed by atoms with Crippen molar-refractivity contribution >= 4 is 27.7 Å². The SMILES string of the molecule is CCOC(=O)c1cc(CBr)cc(C(=O)CC)c1. The van der Waals surface area contributed by atoms with Gasteiger partial charge >= 0.3 is 5.97 Å². The molecule has 0 amide bonds. The lowest BCUT2D eigenvalue weighted by atomic mass is 10.0. The van der Waals surface area contributed by atoms with E-state index in [1.165, 1.54) is 0 Å². The molecule has 1 rings (SSSR count). The van der Waals surface area contributed by atoms with Crippen LogP contribution in [0.1, 0.15) is 46.5 Å². The lowest BCUT2D eigenvalue weighted by molar-refractivity contribution is 0.0526. The number of alkyl halides is 1. The van der Waals surface area contributed by atoms with Crippen LogP contribution in [0.2, 0.25) is 0 Å². The molecule has 0 heterocycles. The number of Topliss-reactive ketones (excluding diaryl/α,β-unsaturated/α-hetero) is 1. The molecule has 17 heavy (non-hydrogen) atoms. The van der Waals surface area contributed by atoms with Crippen LogP contribution < -0.4 is 0 Å². The minimum absolute atomic E-state index is 0.0262. The Kier molecular flexibility index (Phi) is 5.35. The third-order valence-electron chi connectivity index (χ3n) is 2.30. The van der Waals surface area contributed by atoms with Crippen LogP contribution in [0, 0.1) is 0 Å². The van der Waals surface area contributed by atoms with Gasteiger partial charge in [-0.25, -0.2) is 4.79 Å². The van der Waals surface area contributed by atoms with Crippen molar-refractivity contribution in [2.75, 3.05) is 6.61 Å². The van der Waals surface area contributed by atoms with Crippen molar-refractivity contribution in [3.05, 3.63) is 34.9 Å². The highest BCUT2D eigenvalue weighted by Gasteiger charge is 2.12. The maximum Gasteiger partial charge on any atom is 0.338 e. The lowest BCUT2D eigenvalue weighted by Gasteiger charge is -2.06. The molecule has 0 unspecified atom stereocenters. The number of hydrogen-bond donors (Lipinski definition) is 0. The summed E-state index contributed by atoms with van der Waals surface area (Å²) in [4.78, 5) is 23.3. The minimum atomic E-state index is -0.388.